The van der Waals surface area contributed by atoms with E-state index < -0.39 is 0 Å². The van der Waals surface area contributed by atoms with E-state index in [4.69, 9.17) is 0 Å². The molecule has 0 amide bonds. The molecular weight excluding hydrogens is 280 g/mol. The van der Waals surface area contributed by atoms with Crippen molar-refractivity contribution < 1.29 is 0 Å². The Kier molecular flexibility index (Phi) is 3.29. The number of allylic oxidation sites excluding steroid dienone is 1. The zero-order valence-electron chi connectivity index (χ0n) is 12.5. The maximum atomic E-state index is 12.7. The van der Waals surface area contributed by atoms with Crippen LogP contribution in [-0.2, 0) is 6.54 Å². The molecule has 112 valence electrons. The van der Waals surface area contributed by atoms with Crippen LogP contribution in [0.3, 0.4) is 0 Å². The first-order valence-electron chi connectivity index (χ1n) is 6.92. The number of aromatic nitrogens is 4. The van der Waals surface area contributed by atoms with Gasteiger partial charge in [-0.2, -0.15) is 0 Å². The number of hydrogen-bond donors (Lipinski definition) is 0. The lowest BCUT2D eigenvalue weighted by atomic mass is 10.1. The molecule has 0 aliphatic heterocycles. The van der Waals surface area contributed by atoms with E-state index in [0.29, 0.717) is 0 Å². The molecule has 0 fully saturated rings. The average Bonchev–Trinajstić information content (AvgIpc) is 2.81. The lowest BCUT2D eigenvalue weighted by Gasteiger charge is -2.09. The van der Waals surface area contributed by atoms with E-state index >= 15 is 0 Å². The van der Waals surface area contributed by atoms with Crippen molar-refractivity contribution >= 4 is 5.65 Å². The summed E-state index contributed by atoms with van der Waals surface area (Å²) in [5.74, 6) is 0. The minimum absolute atomic E-state index is 0.107. The number of aryl methyl sites for hydroxylation is 2. The molecule has 0 saturated carbocycles. The number of benzene rings is 1. The van der Waals surface area contributed by atoms with E-state index in [2.05, 4.69) is 11.7 Å². The van der Waals surface area contributed by atoms with E-state index in [-0.39, 0.29) is 23.4 Å². The number of rotatable bonds is 3. The summed E-state index contributed by atoms with van der Waals surface area (Å²) in [5, 5.41) is 4.10. The molecule has 1 aromatic carbocycles. The van der Waals surface area contributed by atoms with Gasteiger partial charge in [0.2, 0.25) is 5.65 Å². The summed E-state index contributed by atoms with van der Waals surface area (Å²) in [7, 11) is 0. The third-order valence-corrected chi connectivity index (χ3v) is 3.57. The van der Waals surface area contributed by atoms with E-state index in [1.54, 1.807) is 18.5 Å². The Morgan fingerprint density at radius 3 is 2.73 bits per heavy atom. The number of nitrogens with zero attached hydrogens (tertiary/aromatic N) is 4. The molecule has 3 rings (SSSR count). The summed E-state index contributed by atoms with van der Waals surface area (Å²) >= 11 is 0. The molecule has 3 aromatic rings. The number of hydrogen-bond acceptors (Lipinski definition) is 3. The van der Waals surface area contributed by atoms with Crippen LogP contribution in [0.4, 0.5) is 0 Å². The normalized spacial score (nSPS) is 11.0. The summed E-state index contributed by atoms with van der Waals surface area (Å²) in [5.41, 5.74) is 2.26. The summed E-state index contributed by atoms with van der Waals surface area (Å²) < 4.78 is 3.99. The second-order valence-corrected chi connectivity index (χ2v) is 5.21. The van der Waals surface area contributed by atoms with Gasteiger partial charge in [0.05, 0.1) is 12.2 Å². The van der Waals surface area contributed by atoms with Crippen molar-refractivity contribution in [2.45, 2.75) is 20.4 Å². The molecule has 0 bridgehead atoms. The highest BCUT2D eigenvalue weighted by Crippen LogP contribution is 2.14. The molecule has 0 aliphatic carbocycles. The lowest BCUT2D eigenvalue weighted by molar-refractivity contribution is 0.673. The Bertz CT molecular complexity index is 992. The van der Waals surface area contributed by atoms with Gasteiger partial charge in [0, 0.05) is 12.4 Å². The molecule has 0 unspecified atom stereocenters. The Balaban J connectivity index is 2.31. The fraction of sp³-hybridized carbons (Fsp3) is 0.188. The van der Waals surface area contributed by atoms with E-state index in [1.807, 2.05) is 32.0 Å². The lowest BCUT2D eigenvalue weighted by Crippen LogP contribution is -2.24. The highest BCUT2D eigenvalue weighted by molar-refractivity contribution is 5.46. The summed E-state index contributed by atoms with van der Waals surface area (Å²) in [4.78, 5) is 24.8. The first kappa shape index (κ1) is 14.1. The van der Waals surface area contributed by atoms with Crippen LogP contribution in [-0.4, -0.2) is 18.7 Å². The van der Waals surface area contributed by atoms with Crippen molar-refractivity contribution in [3.8, 4) is 5.69 Å². The van der Waals surface area contributed by atoms with Crippen LogP contribution < -0.4 is 11.2 Å². The third kappa shape index (κ3) is 2.09. The van der Waals surface area contributed by atoms with Crippen molar-refractivity contribution in [2.24, 2.45) is 0 Å². The van der Waals surface area contributed by atoms with Gasteiger partial charge in [-0.1, -0.05) is 18.2 Å². The Labute approximate surface area is 126 Å². The maximum absolute atomic E-state index is 12.7. The van der Waals surface area contributed by atoms with Gasteiger partial charge in [-0.05, 0) is 31.0 Å². The molecule has 6 heteroatoms. The predicted molar refractivity (Wildman–Crippen MR) is 84.7 cm³/mol. The zero-order chi connectivity index (χ0) is 15.9. The monoisotopic (exact) mass is 296 g/mol. The van der Waals surface area contributed by atoms with Crippen molar-refractivity contribution in [2.75, 3.05) is 0 Å². The van der Waals surface area contributed by atoms with Crippen molar-refractivity contribution in [3.05, 3.63) is 75.2 Å². The minimum atomic E-state index is -0.347. The van der Waals surface area contributed by atoms with E-state index in [0.717, 1.165) is 16.8 Å². The van der Waals surface area contributed by atoms with Crippen molar-refractivity contribution in [3.63, 3.8) is 0 Å². The summed E-state index contributed by atoms with van der Waals surface area (Å²) in [6, 6.07) is 5.89. The van der Waals surface area contributed by atoms with Gasteiger partial charge in [0.25, 0.3) is 0 Å². The molecule has 0 N–H and O–H groups in total. The third-order valence-electron chi connectivity index (χ3n) is 3.57. The Morgan fingerprint density at radius 2 is 2.00 bits per heavy atom. The molecule has 2 heterocycles. The van der Waals surface area contributed by atoms with Crippen LogP contribution in [0.5, 0.6) is 0 Å². The smallest absolute Gasteiger partial charge is 0.279 e. The van der Waals surface area contributed by atoms with Gasteiger partial charge in [-0.25, -0.2) is 13.9 Å². The maximum Gasteiger partial charge on any atom is 0.350 e. The molecule has 0 radical (unpaired) electrons. The Hall–Kier alpha value is -2.89. The fourth-order valence-corrected chi connectivity index (χ4v) is 2.42. The van der Waals surface area contributed by atoms with Crippen LogP contribution >= 0.6 is 0 Å². The molecule has 2 aromatic heterocycles. The van der Waals surface area contributed by atoms with Crippen LogP contribution in [0.25, 0.3) is 11.3 Å². The van der Waals surface area contributed by atoms with Gasteiger partial charge < -0.3 is 0 Å². The molecule has 0 aliphatic rings. The predicted octanol–water partition coefficient (Wildman–Crippen LogP) is 1.45. The van der Waals surface area contributed by atoms with Gasteiger partial charge in [-0.15, -0.1) is 11.7 Å². The molecule has 0 atom stereocenters. The fourth-order valence-electron chi connectivity index (χ4n) is 2.42. The second-order valence-electron chi connectivity index (χ2n) is 5.21. The first-order valence-corrected chi connectivity index (χ1v) is 6.92. The van der Waals surface area contributed by atoms with Crippen LogP contribution in [0, 0.1) is 13.8 Å². The largest absolute Gasteiger partial charge is 0.350 e. The second kappa shape index (κ2) is 5.14. The van der Waals surface area contributed by atoms with Gasteiger partial charge in [0.15, 0.2) is 0 Å². The summed E-state index contributed by atoms with van der Waals surface area (Å²) in [6.07, 6.45) is 4.73. The minimum Gasteiger partial charge on any atom is -0.279 e. The van der Waals surface area contributed by atoms with E-state index in [9.17, 15) is 9.59 Å². The summed E-state index contributed by atoms with van der Waals surface area (Å²) in [6.45, 7) is 7.76. The van der Waals surface area contributed by atoms with E-state index in [1.165, 1.54) is 13.6 Å². The van der Waals surface area contributed by atoms with Gasteiger partial charge in [-0.3, -0.25) is 9.36 Å². The standard InChI is InChI=1S/C16H16N4O2/c1-4-7-20-16(22)19-9-8-18(15(21)14(19)17-20)13-10-11(2)5-6-12(13)3/h4-6,8-10H,1,7H2,2-3H3. The molecular formula is C16H16N4O2. The van der Waals surface area contributed by atoms with Crippen LogP contribution in [0.2, 0.25) is 0 Å². The molecule has 0 saturated heterocycles. The zero-order valence-corrected chi connectivity index (χ0v) is 12.5. The van der Waals surface area contributed by atoms with Gasteiger partial charge in [0.1, 0.15) is 0 Å². The highest BCUT2D eigenvalue weighted by atomic mass is 16.2. The quantitative estimate of drug-likeness (QED) is 0.687. The van der Waals surface area contributed by atoms with Gasteiger partial charge >= 0.3 is 11.2 Å². The van der Waals surface area contributed by atoms with Crippen molar-refractivity contribution in [1.82, 2.24) is 18.7 Å². The van der Waals surface area contributed by atoms with Crippen LogP contribution in [0.1, 0.15) is 11.1 Å². The number of fused-ring (bicyclic) bond motifs is 1. The SMILES string of the molecule is C=CCn1nc2c(=O)n(-c3cc(C)ccc3C)ccn2c1=O. The molecule has 22 heavy (non-hydrogen) atoms. The average molecular weight is 296 g/mol. The molecule has 6 nitrogen and oxygen atoms in total. The first-order chi connectivity index (χ1) is 10.5. The van der Waals surface area contributed by atoms with Crippen molar-refractivity contribution in [1.29, 1.82) is 0 Å². The Morgan fingerprint density at radius 1 is 1.23 bits per heavy atom. The highest BCUT2D eigenvalue weighted by Gasteiger charge is 2.13. The molecule has 0 spiro atoms. The topological polar surface area (TPSA) is 61.3 Å². The van der Waals surface area contributed by atoms with Crippen LogP contribution in [0.15, 0.2) is 52.8 Å².